The third-order valence-electron chi connectivity index (χ3n) is 6.62. The summed E-state index contributed by atoms with van der Waals surface area (Å²) in [5.41, 5.74) is -1.21. The fourth-order valence-electron chi connectivity index (χ4n) is 5.23. The molecule has 1 aromatic heterocycles. The second-order valence-electron chi connectivity index (χ2n) is 10.3. The number of nitrogens with zero attached hydrogens (tertiary/aromatic N) is 2. The number of hydrogen-bond donors (Lipinski definition) is 0. The highest BCUT2D eigenvalue weighted by Gasteiger charge is 2.76. The predicted octanol–water partition coefficient (Wildman–Crippen LogP) is 3.57. The minimum absolute atomic E-state index is 0.173. The number of rotatable bonds is 2. The van der Waals surface area contributed by atoms with Gasteiger partial charge in [0.05, 0.1) is 18.4 Å². The topological polar surface area (TPSA) is 98.4 Å². The quantitative estimate of drug-likeness (QED) is 0.509. The molecule has 1 unspecified atom stereocenters. The van der Waals surface area contributed by atoms with E-state index in [-0.39, 0.29) is 5.78 Å². The molecule has 3 aliphatic rings. The van der Waals surface area contributed by atoms with Crippen molar-refractivity contribution in [3.63, 3.8) is 0 Å². The van der Waals surface area contributed by atoms with Gasteiger partial charge >= 0.3 is 11.9 Å². The van der Waals surface area contributed by atoms with Gasteiger partial charge in [-0.25, -0.2) is 0 Å². The van der Waals surface area contributed by atoms with Gasteiger partial charge in [-0.1, -0.05) is 45.0 Å². The van der Waals surface area contributed by atoms with E-state index in [1.54, 1.807) is 44.1 Å². The monoisotopic (exact) mass is 450 g/mol. The number of cyclic esters (lactones) is 2. The molecular formula is C25H26N2O6. The average molecular weight is 450 g/mol. The second-order valence-corrected chi connectivity index (χ2v) is 10.3. The summed E-state index contributed by atoms with van der Waals surface area (Å²) in [4.78, 5) is 41.6. The zero-order chi connectivity index (χ0) is 23.8. The Labute approximate surface area is 191 Å². The number of fused-ring (bicyclic) bond motifs is 4. The van der Waals surface area contributed by atoms with Gasteiger partial charge in [0.1, 0.15) is 17.8 Å². The molecule has 3 atom stereocenters. The molecule has 172 valence electrons. The van der Waals surface area contributed by atoms with Gasteiger partial charge in [0, 0.05) is 19.3 Å². The third kappa shape index (κ3) is 2.89. The molecule has 4 heterocycles. The van der Waals surface area contributed by atoms with Gasteiger partial charge in [-0.05, 0) is 23.3 Å². The number of hydrogen-bond acceptors (Lipinski definition) is 8. The number of hydrazone groups is 1. The lowest BCUT2D eigenvalue weighted by molar-refractivity contribution is -0.254. The summed E-state index contributed by atoms with van der Waals surface area (Å²) in [6.45, 7) is 8.42. The molecule has 1 spiro atoms. The fraction of sp³-hybridized carbons (Fsp3) is 0.440. The Balaban J connectivity index is 1.83. The van der Waals surface area contributed by atoms with E-state index in [1.807, 2.05) is 24.3 Å². The fourth-order valence-corrected chi connectivity index (χ4v) is 5.23. The Bertz CT molecular complexity index is 1150. The minimum Gasteiger partial charge on any atom is -0.469 e. The number of furan rings is 1. The van der Waals surface area contributed by atoms with Crippen LogP contribution in [-0.4, -0.2) is 40.8 Å². The summed E-state index contributed by atoms with van der Waals surface area (Å²) in [5, 5.41) is 6.17. The van der Waals surface area contributed by atoms with Crippen LogP contribution in [0.4, 0.5) is 0 Å². The summed E-state index contributed by atoms with van der Waals surface area (Å²) in [6, 6.07) is 8.85. The molecule has 0 amide bonds. The van der Waals surface area contributed by atoms with Crippen LogP contribution in [-0.2, 0) is 23.9 Å². The smallest absolute Gasteiger partial charge is 0.330 e. The molecule has 0 aliphatic carbocycles. The van der Waals surface area contributed by atoms with E-state index in [4.69, 9.17) is 13.9 Å². The van der Waals surface area contributed by atoms with Crippen molar-refractivity contribution in [2.24, 2.45) is 15.9 Å². The summed E-state index contributed by atoms with van der Waals surface area (Å²) in [7, 11) is 0. The van der Waals surface area contributed by atoms with Crippen LogP contribution in [0.3, 0.4) is 0 Å². The number of ketones is 1. The van der Waals surface area contributed by atoms with E-state index in [2.05, 4.69) is 5.10 Å². The van der Waals surface area contributed by atoms with Crippen LogP contribution in [0.25, 0.3) is 0 Å². The van der Waals surface area contributed by atoms with Crippen LogP contribution in [0.15, 0.2) is 52.2 Å². The lowest BCUT2D eigenvalue weighted by atomic mass is 9.65. The Hall–Kier alpha value is -3.42. The second kappa shape index (κ2) is 6.79. The lowest BCUT2D eigenvalue weighted by Gasteiger charge is -2.43. The molecule has 8 nitrogen and oxygen atoms in total. The third-order valence-corrected chi connectivity index (χ3v) is 6.62. The molecule has 2 saturated heterocycles. The molecule has 2 fully saturated rings. The highest BCUT2D eigenvalue weighted by molar-refractivity contribution is 6.07. The molecule has 0 bridgehead atoms. The highest BCUT2D eigenvalue weighted by atomic mass is 16.7. The molecule has 1 aromatic carbocycles. The van der Waals surface area contributed by atoms with Gasteiger partial charge in [-0.15, -0.1) is 0 Å². The SMILES string of the molecule is CC1(C)OC(=O)C2(C(=O)O1)C1c3ccccc3C=NN1[C@@H](C(=O)C(C)(C)C)[C@@H]2c1ccco1. The van der Waals surface area contributed by atoms with Crippen LogP contribution < -0.4 is 0 Å². The van der Waals surface area contributed by atoms with Crippen LogP contribution in [0.1, 0.15) is 63.5 Å². The molecule has 0 N–H and O–H groups in total. The first-order valence-electron chi connectivity index (χ1n) is 10.9. The van der Waals surface area contributed by atoms with Gasteiger partial charge in [-0.2, -0.15) is 5.10 Å². The summed E-state index contributed by atoms with van der Waals surface area (Å²) in [6.07, 6.45) is 3.11. The first-order valence-corrected chi connectivity index (χ1v) is 10.9. The number of esters is 2. The van der Waals surface area contributed by atoms with Gasteiger partial charge in [0.2, 0.25) is 5.41 Å². The maximum Gasteiger partial charge on any atom is 0.330 e. The van der Waals surface area contributed by atoms with Crippen molar-refractivity contribution in [3.05, 3.63) is 59.5 Å². The number of benzene rings is 1. The number of carbonyl (C=O) groups excluding carboxylic acids is 3. The Morgan fingerprint density at radius 1 is 1.03 bits per heavy atom. The Morgan fingerprint density at radius 2 is 1.70 bits per heavy atom. The van der Waals surface area contributed by atoms with Crippen molar-refractivity contribution < 1.29 is 28.3 Å². The van der Waals surface area contributed by atoms with Crippen LogP contribution in [0.2, 0.25) is 0 Å². The van der Waals surface area contributed by atoms with Gasteiger partial charge in [-0.3, -0.25) is 19.4 Å². The van der Waals surface area contributed by atoms with Crippen LogP contribution >= 0.6 is 0 Å². The predicted molar refractivity (Wildman–Crippen MR) is 117 cm³/mol. The molecule has 5 rings (SSSR count). The highest BCUT2D eigenvalue weighted by Crippen LogP contribution is 2.63. The van der Waals surface area contributed by atoms with E-state index in [1.165, 1.54) is 20.1 Å². The Morgan fingerprint density at radius 3 is 2.30 bits per heavy atom. The van der Waals surface area contributed by atoms with Gasteiger partial charge < -0.3 is 13.9 Å². The zero-order valence-corrected chi connectivity index (χ0v) is 19.2. The van der Waals surface area contributed by atoms with Crippen molar-refractivity contribution in [1.82, 2.24) is 5.01 Å². The van der Waals surface area contributed by atoms with E-state index < -0.39 is 46.6 Å². The van der Waals surface area contributed by atoms with E-state index in [0.717, 1.165) is 5.56 Å². The van der Waals surface area contributed by atoms with Crippen LogP contribution in [0, 0.1) is 10.8 Å². The molecule has 3 aliphatic heterocycles. The molecule has 2 aromatic rings. The summed E-state index contributed by atoms with van der Waals surface area (Å²) in [5.74, 6) is -3.78. The number of ether oxygens (including phenoxy) is 2. The Kier molecular flexibility index (Phi) is 4.41. The number of carbonyl (C=O) groups is 3. The van der Waals surface area contributed by atoms with Crippen molar-refractivity contribution in [3.8, 4) is 0 Å². The van der Waals surface area contributed by atoms with E-state index >= 15 is 0 Å². The average Bonchev–Trinajstić information content (AvgIpc) is 3.35. The molecule has 0 radical (unpaired) electrons. The minimum atomic E-state index is -1.88. The molecule has 0 saturated carbocycles. The first kappa shape index (κ1) is 21.4. The molecule has 33 heavy (non-hydrogen) atoms. The van der Waals surface area contributed by atoms with Crippen molar-refractivity contribution >= 4 is 23.9 Å². The van der Waals surface area contributed by atoms with Crippen LogP contribution in [0.5, 0.6) is 0 Å². The van der Waals surface area contributed by atoms with Gasteiger partial charge in [0.25, 0.3) is 5.79 Å². The van der Waals surface area contributed by atoms with E-state index in [9.17, 15) is 14.4 Å². The molecule has 8 heteroatoms. The van der Waals surface area contributed by atoms with Crippen molar-refractivity contribution in [1.29, 1.82) is 0 Å². The standard InChI is InChI=1S/C25H26N2O6/c1-23(2,3)20(28)18-17(16-11-8-12-31-16)25(21(29)32-24(4,5)33-22(25)30)19-15-10-7-6-9-14(15)13-26-27(18)19/h6-13,17-19H,1-5H3/t17-,18+,19?/m0/s1. The normalized spacial score (nSPS) is 27.1. The first-order chi connectivity index (χ1) is 15.5. The largest absolute Gasteiger partial charge is 0.469 e. The zero-order valence-electron chi connectivity index (χ0n) is 19.2. The maximum atomic E-state index is 13.9. The molecular weight excluding hydrogens is 424 g/mol. The maximum absolute atomic E-state index is 13.9. The number of Topliss-reactive ketones (excluding diaryl/α,β-unsaturated/α-hetero) is 1. The lowest BCUT2D eigenvalue weighted by Crippen LogP contribution is -2.58. The van der Waals surface area contributed by atoms with Gasteiger partial charge in [0.15, 0.2) is 5.78 Å². The van der Waals surface area contributed by atoms with Crippen molar-refractivity contribution in [2.45, 2.75) is 58.4 Å². The van der Waals surface area contributed by atoms with Crippen molar-refractivity contribution in [2.75, 3.05) is 0 Å². The van der Waals surface area contributed by atoms with E-state index in [0.29, 0.717) is 11.3 Å². The summed E-state index contributed by atoms with van der Waals surface area (Å²) < 4.78 is 17.1. The summed E-state index contributed by atoms with van der Waals surface area (Å²) >= 11 is 0.